The zero-order chi connectivity index (χ0) is 20.9. The van der Waals surface area contributed by atoms with Gasteiger partial charge in [-0.15, -0.1) is 0 Å². The average Bonchev–Trinajstić information content (AvgIpc) is 2.72. The number of methoxy groups -OCH3 is 1. The van der Waals surface area contributed by atoms with E-state index in [1.165, 1.54) is 11.4 Å². The molecule has 1 aromatic carbocycles. The number of imide groups is 1. The van der Waals surface area contributed by atoms with Gasteiger partial charge in [-0.1, -0.05) is 26.0 Å². The molecule has 1 aromatic rings. The van der Waals surface area contributed by atoms with Crippen LogP contribution in [0.1, 0.15) is 38.7 Å². The first-order chi connectivity index (χ1) is 13.2. The van der Waals surface area contributed by atoms with Gasteiger partial charge in [0.05, 0.1) is 18.0 Å². The van der Waals surface area contributed by atoms with E-state index in [2.05, 4.69) is 23.9 Å². The van der Waals surface area contributed by atoms with Crippen molar-refractivity contribution in [2.24, 2.45) is 0 Å². The molecule has 0 aliphatic carbocycles. The SMILES string of the molecule is CC[C@H](C)c1ccc(S(=O)(=O)N2CCN([C@@H](C)C(=O)NC(=O)OC)CC2)cc1. The number of hydrogen-bond donors (Lipinski definition) is 1. The number of carbonyl (C=O) groups excluding carboxylic acids is 2. The number of amides is 2. The zero-order valence-corrected chi connectivity index (χ0v) is 17.7. The Labute approximate surface area is 166 Å². The number of alkyl carbamates (subject to hydrolysis) is 1. The normalized spacial score (nSPS) is 18.3. The van der Waals surface area contributed by atoms with Gasteiger partial charge >= 0.3 is 6.09 Å². The Morgan fingerprint density at radius 2 is 1.68 bits per heavy atom. The third-order valence-corrected chi connectivity index (χ3v) is 7.22. The van der Waals surface area contributed by atoms with Gasteiger partial charge in [-0.05, 0) is 37.0 Å². The minimum absolute atomic E-state index is 0.282. The van der Waals surface area contributed by atoms with Crippen molar-refractivity contribution >= 4 is 22.0 Å². The van der Waals surface area contributed by atoms with E-state index in [0.29, 0.717) is 19.0 Å². The maximum atomic E-state index is 12.9. The lowest BCUT2D eigenvalue weighted by Crippen LogP contribution is -2.55. The molecule has 0 bridgehead atoms. The van der Waals surface area contributed by atoms with E-state index in [4.69, 9.17) is 0 Å². The molecule has 1 N–H and O–H groups in total. The lowest BCUT2D eigenvalue weighted by Gasteiger charge is -2.36. The fraction of sp³-hybridized carbons (Fsp3) is 0.579. The summed E-state index contributed by atoms with van der Waals surface area (Å²) in [7, 11) is -2.38. The number of nitrogens with one attached hydrogen (secondary N) is 1. The molecule has 0 saturated carbocycles. The van der Waals surface area contributed by atoms with Crippen molar-refractivity contribution in [3.05, 3.63) is 29.8 Å². The Morgan fingerprint density at radius 3 is 2.18 bits per heavy atom. The van der Waals surface area contributed by atoms with Crippen molar-refractivity contribution < 1.29 is 22.7 Å². The quantitative estimate of drug-likeness (QED) is 0.767. The highest BCUT2D eigenvalue weighted by atomic mass is 32.2. The maximum Gasteiger partial charge on any atom is 0.413 e. The molecule has 2 rings (SSSR count). The lowest BCUT2D eigenvalue weighted by atomic mass is 9.99. The van der Waals surface area contributed by atoms with Crippen molar-refractivity contribution in [3.63, 3.8) is 0 Å². The molecule has 1 fully saturated rings. The number of nitrogens with zero attached hydrogens (tertiary/aromatic N) is 2. The van der Waals surface area contributed by atoms with Crippen LogP contribution in [0.4, 0.5) is 4.79 Å². The molecule has 28 heavy (non-hydrogen) atoms. The van der Waals surface area contributed by atoms with Gasteiger partial charge in [-0.25, -0.2) is 13.2 Å². The maximum absolute atomic E-state index is 12.9. The van der Waals surface area contributed by atoms with Crippen LogP contribution in [0.3, 0.4) is 0 Å². The molecular formula is C19H29N3O5S. The molecule has 2 amide bonds. The van der Waals surface area contributed by atoms with Gasteiger partial charge in [0.2, 0.25) is 15.9 Å². The van der Waals surface area contributed by atoms with Gasteiger partial charge in [-0.3, -0.25) is 15.0 Å². The Hall–Kier alpha value is -1.97. The molecule has 0 radical (unpaired) electrons. The van der Waals surface area contributed by atoms with Crippen LogP contribution in [0.15, 0.2) is 29.2 Å². The minimum Gasteiger partial charge on any atom is -0.453 e. The third-order valence-electron chi connectivity index (χ3n) is 5.31. The van der Waals surface area contributed by atoms with Gasteiger partial charge in [0, 0.05) is 26.2 Å². The Kier molecular flexibility index (Phi) is 7.56. The smallest absolute Gasteiger partial charge is 0.413 e. The molecule has 1 aliphatic heterocycles. The first kappa shape index (κ1) is 22.3. The topological polar surface area (TPSA) is 96.0 Å². The van der Waals surface area contributed by atoms with E-state index >= 15 is 0 Å². The number of hydrogen-bond acceptors (Lipinski definition) is 6. The van der Waals surface area contributed by atoms with Crippen LogP contribution < -0.4 is 5.32 Å². The fourth-order valence-corrected chi connectivity index (χ4v) is 4.53. The zero-order valence-electron chi connectivity index (χ0n) is 16.8. The number of piperazine rings is 1. The number of benzene rings is 1. The molecule has 156 valence electrons. The van der Waals surface area contributed by atoms with Gasteiger partial charge in [0.25, 0.3) is 0 Å². The number of ether oxygens (including phenoxy) is 1. The summed E-state index contributed by atoms with van der Waals surface area (Å²) in [6.45, 7) is 7.26. The van der Waals surface area contributed by atoms with Crippen LogP contribution in [-0.4, -0.2) is 69.0 Å². The highest BCUT2D eigenvalue weighted by molar-refractivity contribution is 7.89. The largest absolute Gasteiger partial charge is 0.453 e. The third kappa shape index (κ3) is 5.09. The van der Waals surface area contributed by atoms with Crippen molar-refractivity contribution in [2.45, 2.75) is 44.0 Å². The van der Waals surface area contributed by atoms with Gasteiger partial charge in [-0.2, -0.15) is 4.31 Å². The summed E-state index contributed by atoms with van der Waals surface area (Å²) in [5.41, 5.74) is 1.12. The van der Waals surface area contributed by atoms with E-state index in [1.54, 1.807) is 19.1 Å². The molecule has 0 spiro atoms. The van der Waals surface area contributed by atoms with E-state index in [9.17, 15) is 18.0 Å². The molecular weight excluding hydrogens is 382 g/mol. The summed E-state index contributed by atoms with van der Waals surface area (Å²) in [6.07, 6.45) is 0.189. The van der Waals surface area contributed by atoms with Crippen LogP contribution >= 0.6 is 0 Å². The molecule has 2 atom stereocenters. The molecule has 0 aromatic heterocycles. The van der Waals surface area contributed by atoms with E-state index in [1.807, 2.05) is 17.0 Å². The summed E-state index contributed by atoms with van der Waals surface area (Å²) >= 11 is 0. The molecule has 1 heterocycles. The van der Waals surface area contributed by atoms with Crippen molar-refractivity contribution in [3.8, 4) is 0 Å². The van der Waals surface area contributed by atoms with Gasteiger partial charge in [0.1, 0.15) is 0 Å². The standard InChI is InChI=1S/C19H29N3O5S/c1-5-14(2)16-6-8-17(9-7-16)28(25,26)22-12-10-21(11-13-22)15(3)18(23)20-19(24)27-4/h6-9,14-15H,5,10-13H2,1-4H3,(H,20,23,24)/t14-,15-/m0/s1. The summed E-state index contributed by atoms with van der Waals surface area (Å²) in [5, 5.41) is 2.14. The van der Waals surface area contributed by atoms with Crippen LogP contribution in [-0.2, 0) is 19.6 Å². The number of rotatable bonds is 6. The Balaban J connectivity index is 1.99. The summed E-state index contributed by atoms with van der Waals surface area (Å²) in [6, 6.07) is 6.51. The predicted octanol–water partition coefficient (Wildman–Crippen LogP) is 1.78. The average molecular weight is 412 g/mol. The van der Waals surface area contributed by atoms with E-state index in [0.717, 1.165) is 12.0 Å². The second kappa shape index (κ2) is 9.49. The van der Waals surface area contributed by atoms with Gasteiger partial charge in [0.15, 0.2) is 0 Å². The molecule has 0 unspecified atom stereocenters. The first-order valence-corrected chi connectivity index (χ1v) is 10.9. The Morgan fingerprint density at radius 1 is 1.11 bits per heavy atom. The predicted molar refractivity (Wildman–Crippen MR) is 105 cm³/mol. The van der Waals surface area contributed by atoms with Crippen LogP contribution in [0.2, 0.25) is 0 Å². The van der Waals surface area contributed by atoms with Crippen LogP contribution in [0, 0.1) is 0 Å². The lowest BCUT2D eigenvalue weighted by molar-refractivity contribution is -0.125. The van der Waals surface area contributed by atoms with E-state index in [-0.39, 0.29) is 18.0 Å². The van der Waals surface area contributed by atoms with Crippen LogP contribution in [0.25, 0.3) is 0 Å². The van der Waals surface area contributed by atoms with Crippen molar-refractivity contribution in [1.82, 2.24) is 14.5 Å². The molecule has 9 heteroatoms. The molecule has 1 aliphatic rings. The highest BCUT2D eigenvalue weighted by Crippen LogP contribution is 2.23. The Bertz CT molecular complexity index is 786. The van der Waals surface area contributed by atoms with Crippen molar-refractivity contribution in [1.29, 1.82) is 0 Å². The van der Waals surface area contributed by atoms with Gasteiger partial charge < -0.3 is 4.74 Å². The summed E-state index contributed by atoms with van der Waals surface area (Å²) < 4.78 is 31.7. The summed E-state index contributed by atoms with van der Waals surface area (Å²) in [4.78, 5) is 25.3. The number of sulfonamides is 1. The molecule has 8 nitrogen and oxygen atoms in total. The fourth-order valence-electron chi connectivity index (χ4n) is 3.11. The van der Waals surface area contributed by atoms with E-state index < -0.39 is 28.1 Å². The van der Waals surface area contributed by atoms with Crippen molar-refractivity contribution in [2.75, 3.05) is 33.3 Å². The summed E-state index contributed by atoms with van der Waals surface area (Å²) in [5.74, 6) is -0.0817. The first-order valence-electron chi connectivity index (χ1n) is 9.43. The minimum atomic E-state index is -3.57. The monoisotopic (exact) mass is 411 g/mol. The number of carbonyl (C=O) groups is 2. The van der Waals surface area contributed by atoms with Crippen LogP contribution in [0.5, 0.6) is 0 Å². The second-order valence-electron chi connectivity index (χ2n) is 6.98. The highest BCUT2D eigenvalue weighted by Gasteiger charge is 2.32. The second-order valence-corrected chi connectivity index (χ2v) is 8.91. The molecule has 1 saturated heterocycles.